The quantitative estimate of drug-likeness (QED) is 0.903. The second kappa shape index (κ2) is 6.93. The fraction of sp³-hybridized carbons (Fsp3) is 0.476. The predicted molar refractivity (Wildman–Crippen MR) is 103 cm³/mol. The van der Waals surface area contributed by atoms with Crippen LogP contribution < -0.4 is 5.32 Å². The Balaban J connectivity index is 1.50. The van der Waals surface area contributed by atoms with Gasteiger partial charge in [-0.2, -0.15) is 0 Å². The minimum Gasteiger partial charge on any atom is -0.359 e. The summed E-state index contributed by atoms with van der Waals surface area (Å²) in [5.41, 5.74) is 3.21. The van der Waals surface area contributed by atoms with Crippen molar-refractivity contribution in [1.29, 1.82) is 0 Å². The van der Waals surface area contributed by atoms with Crippen molar-refractivity contribution in [2.24, 2.45) is 0 Å². The fourth-order valence-corrected chi connectivity index (χ4v) is 5.52. The van der Waals surface area contributed by atoms with E-state index in [-0.39, 0.29) is 11.3 Å². The molecule has 0 radical (unpaired) electrons. The molecule has 3 nitrogen and oxygen atoms in total. The third-order valence-electron chi connectivity index (χ3n) is 6.09. The van der Waals surface area contributed by atoms with Gasteiger partial charge in [0.1, 0.15) is 0 Å². The van der Waals surface area contributed by atoms with Crippen LogP contribution in [0.2, 0.25) is 0 Å². The summed E-state index contributed by atoms with van der Waals surface area (Å²) < 4.78 is 0. The molecular weight excluding hydrogens is 328 g/mol. The first-order valence-electron chi connectivity index (χ1n) is 9.25. The minimum absolute atomic E-state index is 0.159. The molecule has 25 heavy (non-hydrogen) atoms. The SMILES string of the molecule is CNC(=O)C[C@H]1CC2(CCN(Cc3cccs3)CC2)c2ccccc21. The Bertz CT molecular complexity index is 732. The van der Waals surface area contributed by atoms with E-state index in [0.717, 1.165) is 26.1 Å². The Labute approximate surface area is 154 Å². The maximum Gasteiger partial charge on any atom is 0.220 e. The number of hydrogen-bond donors (Lipinski definition) is 1. The molecule has 0 saturated carbocycles. The molecule has 1 amide bonds. The zero-order valence-electron chi connectivity index (χ0n) is 14.8. The lowest BCUT2D eigenvalue weighted by Crippen LogP contribution is -2.41. The van der Waals surface area contributed by atoms with Gasteiger partial charge >= 0.3 is 0 Å². The molecule has 0 bridgehead atoms. The van der Waals surface area contributed by atoms with Gasteiger partial charge in [0.25, 0.3) is 0 Å². The van der Waals surface area contributed by atoms with Gasteiger partial charge in [-0.3, -0.25) is 9.69 Å². The minimum atomic E-state index is 0.159. The summed E-state index contributed by atoms with van der Waals surface area (Å²) >= 11 is 1.85. The molecule has 1 atom stereocenters. The summed E-state index contributed by atoms with van der Waals surface area (Å²) in [6, 6.07) is 13.2. The van der Waals surface area contributed by atoms with Crippen LogP contribution in [-0.2, 0) is 16.8 Å². The lowest BCUT2D eigenvalue weighted by Gasteiger charge is -2.40. The highest BCUT2D eigenvalue weighted by Crippen LogP contribution is 2.52. The van der Waals surface area contributed by atoms with Crippen molar-refractivity contribution in [2.75, 3.05) is 20.1 Å². The number of hydrogen-bond acceptors (Lipinski definition) is 3. The number of likely N-dealkylation sites (tertiary alicyclic amines) is 1. The third kappa shape index (κ3) is 3.25. The first-order valence-corrected chi connectivity index (χ1v) is 10.1. The van der Waals surface area contributed by atoms with Crippen LogP contribution in [0, 0.1) is 0 Å². The fourth-order valence-electron chi connectivity index (χ4n) is 4.77. The van der Waals surface area contributed by atoms with Crippen LogP contribution >= 0.6 is 11.3 Å². The number of benzene rings is 1. The van der Waals surface area contributed by atoms with Crippen LogP contribution in [0.25, 0.3) is 0 Å². The molecular formula is C21H26N2OS. The van der Waals surface area contributed by atoms with Gasteiger partial charge in [-0.1, -0.05) is 30.3 Å². The zero-order valence-corrected chi connectivity index (χ0v) is 15.6. The van der Waals surface area contributed by atoms with E-state index in [1.165, 1.54) is 28.8 Å². The van der Waals surface area contributed by atoms with Crippen LogP contribution in [0.3, 0.4) is 0 Å². The molecule has 1 spiro atoms. The van der Waals surface area contributed by atoms with Crippen LogP contribution in [-0.4, -0.2) is 30.9 Å². The summed E-state index contributed by atoms with van der Waals surface area (Å²) in [6.45, 7) is 3.38. The van der Waals surface area contributed by atoms with E-state index in [4.69, 9.17) is 0 Å². The van der Waals surface area contributed by atoms with Gasteiger partial charge < -0.3 is 5.32 Å². The number of amides is 1. The van der Waals surface area contributed by atoms with Crippen molar-refractivity contribution in [3.8, 4) is 0 Å². The molecule has 2 heterocycles. The number of fused-ring (bicyclic) bond motifs is 2. The topological polar surface area (TPSA) is 32.3 Å². The van der Waals surface area contributed by atoms with E-state index < -0.39 is 0 Å². The maximum atomic E-state index is 12.0. The first kappa shape index (κ1) is 16.8. The molecule has 1 saturated heterocycles. The summed E-state index contributed by atoms with van der Waals surface area (Å²) in [6.07, 6.45) is 4.17. The van der Waals surface area contributed by atoms with Crippen molar-refractivity contribution < 1.29 is 4.79 Å². The van der Waals surface area contributed by atoms with Gasteiger partial charge in [0, 0.05) is 24.9 Å². The Morgan fingerprint density at radius 1 is 1.24 bits per heavy atom. The lowest BCUT2D eigenvalue weighted by atomic mass is 9.73. The van der Waals surface area contributed by atoms with Crippen LogP contribution in [0.5, 0.6) is 0 Å². The van der Waals surface area contributed by atoms with Crippen molar-refractivity contribution in [2.45, 2.75) is 43.6 Å². The highest BCUT2D eigenvalue weighted by Gasteiger charge is 2.45. The standard InChI is InChI=1S/C21H26N2OS/c1-22-20(24)13-16-14-21(19-7-3-2-6-18(16)19)8-10-23(11-9-21)15-17-5-4-12-25-17/h2-7,12,16H,8-11,13-15H2,1H3,(H,22,24)/t16-/m0/s1. The van der Waals surface area contributed by atoms with E-state index in [9.17, 15) is 4.79 Å². The maximum absolute atomic E-state index is 12.0. The highest BCUT2D eigenvalue weighted by molar-refractivity contribution is 7.09. The molecule has 2 aliphatic rings. The normalized spacial score (nSPS) is 22.0. The number of rotatable bonds is 4. The largest absolute Gasteiger partial charge is 0.359 e. The molecule has 1 aliphatic heterocycles. The number of thiophene rings is 1. The number of nitrogens with one attached hydrogen (secondary N) is 1. The summed E-state index contributed by atoms with van der Waals surface area (Å²) in [5, 5.41) is 4.96. The number of nitrogens with zero attached hydrogens (tertiary/aromatic N) is 1. The molecule has 1 fully saturated rings. The zero-order chi connectivity index (χ0) is 17.3. The van der Waals surface area contributed by atoms with Crippen molar-refractivity contribution in [3.63, 3.8) is 0 Å². The molecule has 1 aliphatic carbocycles. The monoisotopic (exact) mass is 354 g/mol. The summed E-state index contributed by atoms with van der Waals surface area (Å²) in [4.78, 5) is 16.0. The van der Waals surface area contributed by atoms with E-state index in [1.54, 1.807) is 7.05 Å². The smallest absolute Gasteiger partial charge is 0.220 e. The van der Waals surface area contributed by atoms with Crippen molar-refractivity contribution >= 4 is 17.2 Å². The Morgan fingerprint density at radius 2 is 2.04 bits per heavy atom. The Kier molecular flexibility index (Phi) is 4.65. The number of carbonyl (C=O) groups is 1. The van der Waals surface area contributed by atoms with Gasteiger partial charge in [-0.05, 0) is 66.3 Å². The summed E-state index contributed by atoms with van der Waals surface area (Å²) in [7, 11) is 1.74. The average Bonchev–Trinajstić information content (AvgIpc) is 3.25. The first-order chi connectivity index (χ1) is 12.2. The van der Waals surface area contributed by atoms with E-state index in [0.29, 0.717) is 12.3 Å². The van der Waals surface area contributed by atoms with E-state index in [1.807, 2.05) is 11.3 Å². The number of carbonyl (C=O) groups excluding carboxylic acids is 1. The molecule has 1 aromatic heterocycles. The molecule has 2 aromatic rings. The lowest BCUT2D eigenvalue weighted by molar-refractivity contribution is -0.121. The Hall–Kier alpha value is -1.65. The van der Waals surface area contributed by atoms with Crippen LogP contribution in [0.1, 0.15) is 47.6 Å². The van der Waals surface area contributed by atoms with Gasteiger partial charge in [0.15, 0.2) is 0 Å². The second-order valence-corrected chi connectivity index (χ2v) is 8.53. The summed E-state index contributed by atoms with van der Waals surface area (Å²) in [5.74, 6) is 0.534. The average molecular weight is 355 g/mol. The van der Waals surface area contributed by atoms with E-state index >= 15 is 0 Å². The van der Waals surface area contributed by atoms with Crippen molar-refractivity contribution in [3.05, 3.63) is 57.8 Å². The molecule has 1 N–H and O–H groups in total. The van der Waals surface area contributed by atoms with Gasteiger partial charge in [-0.15, -0.1) is 11.3 Å². The number of piperidine rings is 1. The molecule has 4 rings (SSSR count). The Morgan fingerprint density at radius 3 is 2.76 bits per heavy atom. The van der Waals surface area contributed by atoms with Gasteiger partial charge in [-0.25, -0.2) is 0 Å². The van der Waals surface area contributed by atoms with Gasteiger partial charge in [0.05, 0.1) is 0 Å². The van der Waals surface area contributed by atoms with Crippen LogP contribution in [0.15, 0.2) is 41.8 Å². The van der Waals surface area contributed by atoms with E-state index in [2.05, 4.69) is 52.0 Å². The molecule has 0 unspecified atom stereocenters. The third-order valence-corrected chi connectivity index (χ3v) is 6.95. The molecule has 4 heteroatoms. The molecule has 1 aromatic carbocycles. The van der Waals surface area contributed by atoms with Gasteiger partial charge in [0.2, 0.25) is 5.91 Å². The predicted octanol–water partition coefficient (Wildman–Crippen LogP) is 3.91. The van der Waals surface area contributed by atoms with Crippen molar-refractivity contribution in [1.82, 2.24) is 10.2 Å². The molecule has 132 valence electrons. The second-order valence-electron chi connectivity index (χ2n) is 7.50. The highest BCUT2D eigenvalue weighted by atomic mass is 32.1. The van der Waals surface area contributed by atoms with Crippen LogP contribution in [0.4, 0.5) is 0 Å².